The predicted molar refractivity (Wildman–Crippen MR) is 93.7 cm³/mol. The van der Waals surface area contributed by atoms with Gasteiger partial charge in [-0.1, -0.05) is 30.3 Å². The Balaban J connectivity index is 1.57. The van der Waals surface area contributed by atoms with E-state index in [0.29, 0.717) is 11.8 Å². The van der Waals surface area contributed by atoms with Crippen molar-refractivity contribution in [3.8, 4) is 11.5 Å². The molecule has 0 unspecified atom stereocenters. The number of benzene rings is 2. The van der Waals surface area contributed by atoms with Crippen molar-refractivity contribution in [2.24, 2.45) is 11.8 Å². The Morgan fingerprint density at radius 1 is 1.08 bits per heavy atom. The van der Waals surface area contributed by atoms with Crippen LogP contribution >= 0.6 is 0 Å². The van der Waals surface area contributed by atoms with E-state index in [1.165, 1.54) is 18.9 Å². The van der Waals surface area contributed by atoms with Crippen molar-refractivity contribution in [2.75, 3.05) is 0 Å². The Hall–Kier alpha value is -2.63. The second-order valence-corrected chi connectivity index (χ2v) is 7.20. The molecule has 0 atom stereocenters. The summed E-state index contributed by atoms with van der Waals surface area (Å²) >= 11 is 0. The van der Waals surface area contributed by atoms with Crippen molar-refractivity contribution in [3.63, 3.8) is 0 Å². The van der Waals surface area contributed by atoms with Gasteiger partial charge in [-0.05, 0) is 43.1 Å². The van der Waals surface area contributed by atoms with E-state index in [2.05, 4.69) is 0 Å². The molecule has 0 saturated heterocycles. The molecule has 5 nitrogen and oxygen atoms in total. The molecule has 2 aromatic carbocycles. The number of hydrogen-bond acceptors (Lipinski definition) is 4. The van der Waals surface area contributed by atoms with Gasteiger partial charge in [0, 0.05) is 0 Å². The Morgan fingerprint density at radius 2 is 1.77 bits per heavy atom. The fourth-order valence-electron chi connectivity index (χ4n) is 3.98. The zero-order valence-corrected chi connectivity index (χ0v) is 14.3. The van der Waals surface area contributed by atoms with Gasteiger partial charge in [0.2, 0.25) is 0 Å². The Kier molecular flexibility index (Phi) is 4.49. The summed E-state index contributed by atoms with van der Waals surface area (Å²) in [5.74, 6) is 0.640. The minimum absolute atomic E-state index is 0.0159. The highest BCUT2D eigenvalue weighted by atomic mass is 19.1. The summed E-state index contributed by atoms with van der Waals surface area (Å²) in [6.07, 6.45) is 4.23. The lowest BCUT2D eigenvalue weighted by Crippen LogP contribution is -2.39. The van der Waals surface area contributed by atoms with Crippen molar-refractivity contribution in [3.05, 3.63) is 64.0 Å². The summed E-state index contributed by atoms with van der Waals surface area (Å²) in [5.41, 5.74) is 0.550. The van der Waals surface area contributed by atoms with Crippen LogP contribution in [0.15, 0.2) is 42.5 Å². The Bertz CT molecular complexity index is 795. The van der Waals surface area contributed by atoms with Gasteiger partial charge >= 0.3 is 0 Å². The fourth-order valence-corrected chi connectivity index (χ4v) is 3.98. The molecular formula is C20H20FNO4. The maximum Gasteiger partial charge on any atom is 0.276 e. The number of nitro benzene ring substituents is 1. The molecule has 136 valence electrons. The highest BCUT2D eigenvalue weighted by molar-refractivity contribution is 5.50. The number of nitrogens with zero attached hydrogens (tertiary/aromatic N) is 1. The van der Waals surface area contributed by atoms with Gasteiger partial charge in [-0.3, -0.25) is 10.1 Å². The number of rotatable bonds is 6. The highest BCUT2D eigenvalue weighted by Crippen LogP contribution is 2.47. The zero-order valence-electron chi connectivity index (χ0n) is 14.3. The average molecular weight is 357 g/mol. The molecule has 0 heterocycles. The van der Waals surface area contributed by atoms with Crippen LogP contribution in [0.1, 0.15) is 31.2 Å². The molecule has 3 saturated carbocycles. The molecule has 0 aliphatic heterocycles. The van der Waals surface area contributed by atoms with E-state index in [9.17, 15) is 14.5 Å². The molecule has 0 aromatic heterocycles. The normalized spacial score (nSPS) is 23.8. The molecule has 0 N–H and O–H groups in total. The van der Waals surface area contributed by atoms with Crippen molar-refractivity contribution in [2.45, 2.75) is 38.4 Å². The Morgan fingerprint density at radius 3 is 2.42 bits per heavy atom. The summed E-state index contributed by atoms with van der Waals surface area (Å²) in [7, 11) is 0. The minimum Gasteiger partial charge on any atom is -0.485 e. The molecule has 0 amide bonds. The summed E-state index contributed by atoms with van der Waals surface area (Å²) in [4.78, 5) is 10.4. The predicted octanol–water partition coefficient (Wildman–Crippen LogP) is 4.88. The van der Waals surface area contributed by atoms with E-state index in [4.69, 9.17) is 9.47 Å². The lowest BCUT2D eigenvalue weighted by atomic mass is 9.64. The van der Waals surface area contributed by atoms with Crippen LogP contribution in [0.5, 0.6) is 11.5 Å². The summed E-state index contributed by atoms with van der Waals surface area (Å²) in [6, 6.07) is 11.5. The molecule has 2 bridgehead atoms. The summed E-state index contributed by atoms with van der Waals surface area (Å²) < 4.78 is 26.2. The topological polar surface area (TPSA) is 61.6 Å². The maximum absolute atomic E-state index is 14.6. The molecule has 26 heavy (non-hydrogen) atoms. The second kappa shape index (κ2) is 6.94. The zero-order chi connectivity index (χ0) is 18.1. The summed E-state index contributed by atoms with van der Waals surface area (Å²) in [6.45, 7) is 0.188. The summed E-state index contributed by atoms with van der Waals surface area (Å²) in [5, 5.41) is 11.1. The van der Waals surface area contributed by atoms with E-state index >= 15 is 0 Å². The first kappa shape index (κ1) is 16.8. The van der Waals surface area contributed by atoms with Gasteiger partial charge in [0.1, 0.15) is 6.61 Å². The Labute approximate surface area is 150 Å². The van der Waals surface area contributed by atoms with Gasteiger partial charge in [-0.2, -0.15) is 0 Å². The minimum atomic E-state index is -0.749. The van der Waals surface area contributed by atoms with E-state index < -0.39 is 10.7 Å². The van der Waals surface area contributed by atoms with Crippen LogP contribution in [-0.4, -0.2) is 11.0 Å². The third-order valence-electron chi connectivity index (χ3n) is 5.25. The molecule has 6 heteroatoms. The van der Waals surface area contributed by atoms with Crippen molar-refractivity contribution >= 4 is 5.69 Å². The van der Waals surface area contributed by atoms with Crippen LogP contribution in [0.2, 0.25) is 0 Å². The van der Waals surface area contributed by atoms with Crippen molar-refractivity contribution in [1.82, 2.24) is 0 Å². The quantitative estimate of drug-likeness (QED) is 0.546. The maximum atomic E-state index is 14.6. The van der Waals surface area contributed by atoms with E-state index in [1.807, 2.05) is 30.3 Å². The SMILES string of the molecule is O=[N+]([O-])c1cc(F)c(OC2CC3CC(C3)C2)c(OCc2ccccc2)c1. The smallest absolute Gasteiger partial charge is 0.276 e. The van der Waals surface area contributed by atoms with Crippen LogP contribution < -0.4 is 9.47 Å². The molecular weight excluding hydrogens is 337 g/mol. The van der Waals surface area contributed by atoms with Crippen LogP contribution in [-0.2, 0) is 6.61 Å². The fraction of sp³-hybridized carbons (Fsp3) is 0.400. The van der Waals surface area contributed by atoms with Crippen LogP contribution in [0.4, 0.5) is 10.1 Å². The largest absolute Gasteiger partial charge is 0.485 e. The van der Waals surface area contributed by atoms with Crippen molar-refractivity contribution < 1.29 is 18.8 Å². The molecule has 0 spiro atoms. The average Bonchev–Trinajstić information content (AvgIpc) is 2.62. The van der Waals surface area contributed by atoms with Gasteiger partial charge in [0.15, 0.2) is 17.3 Å². The molecule has 5 rings (SSSR count). The molecule has 3 fully saturated rings. The highest BCUT2D eigenvalue weighted by Gasteiger charge is 2.39. The van der Waals surface area contributed by atoms with Gasteiger partial charge < -0.3 is 9.47 Å². The van der Waals surface area contributed by atoms with Gasteiger partial charge in [-0.25, -0.2) is 4.39 Å². The molecule has 3 aliphatic carbocycles. The van der Waals surface area contributed by atoms with Gasteiger partial charge in [0.25, 0.3) is 5.69 Å². The third kappa shape index (κ3) is 3.49. The van der Waals surface area contributed by atoms with Crippen molar-refractivity contribution in [1.29, 1.82) is 0 Å². The van der Waals surface area contributed by atoms with Gasteiger partial charge in [0.05, 0.1) is 23.2 Å². The first-order chi connectivity index (χ1) is 12.6. The van der Waals surface area contributed by atoms with E-state index in [0.717, 1.165) is 24.5 Å². The first-order valence-corrected chi connectivity index (χ1v) is 8.90. The third-order valence-corrected chi connectivity index (χ3v) is 5.25. The van der Waals surface area contributed by atoms with Gasteiger partial charge in [-0.15, -0.1) is 0 Å². The number of ether oxygens (including phenoxy) is 2. The number of hydrogen-bond donors (Lipinski definition) is 0. The van der Waals surface area contributed by atoms with E-state index in [-0.39, 0.29) is 29.9 Å². The lowest BCUT2D eigenvalue weighted by Gasteiger charge is -2.44. The first-order valence-electron chi connectivity index (χ1n) is 8.90. The monoisotopic (exact) mass is 357 g/mol. The lowest BCUT2D eigenvalue weighted by molar-refractivity contribution is -0.385. The molecule has 2 aromatic rings. The van der Waals surface area contributed by atoms with Crippen LogP contribution in [0, 0.1) is 27.8 Å². The second-order valence-electron chi connectivity index (χ2n) is 7.20. The standard InChI is InChI=1S/C20H20FNO4/c21-18-10-16(22(23)24)11-19(25-12-13-4-2-1-3-5-13)20(18)26-17-8-14-6-15(7-14)9-17/h1-5,10-11,14-15,17H,6-9,12H2. The number of nitro groups is 1. The van der Waals surface area contributed by atoms with E-state index in [1.54, 1.807) is 0 Å². The molecule has 0 radical (unpaired) electrons. The number of non-ortho nitro benzene ring substituents is 1. The number of fused-ring (bicyclic) bond motifs is 2. The molecule has 3 aliphatic rings. The van der Waals surface area contributed by atoms with Crippen LogP contribution in [0.3, 0.4) is 0 Å². The number of halogens is 1. The van der Waals surface area contributed by atoms with Crippen LogP contribution in [0.25, 0.3) is 0 Å².